The summed E-state index contributed by atoms with van der Waals surface area (Å²) in [6.45, 7) is 12.6. The molecule has 1 amide bonds. The van der Waals surface area contributed by atoms with Gasteiger partial charge >= 0.3 is 0 Å². The van der Waals surface area contributed by atoms with Gasteiger partial charge in [-0.15, -0.1) is 0 Å². The average Bonchev–Trinajstić information content (AvgIpc) is 3.21. The van der Waals surface area contributed by atoms with Crippen molar-refractivity contribution in [3.63, 3.8) is 0 Å². The van der Waals surface area contributed by atoms with Crippen molar-refractivity contribution in [2.75, 3.05) is 71.2 Å². The Bertz CT molecular complexity index is 2170. The number of nitrogens with one attached hydrogen (secondary N) is 3. The zero-order valence-electron chi connectivity index (χ0n) is 30.9. The molecule has 0 aliphatic carbocycles. The minimum atomic E-state index is 0.0392. The summed E-state index contributed by atoms with van der Waals surface area (Å²) in [6, 6.07) is 23.7. The van der Waals surface area contributed by atoms with E-state index in [1.54, 1.807) is 0 Å². The van der Waals surface area contributed by atoms with Crippen LogP contribution in [0.15, 0.2) is 91.5 Å². The summed E-state index contributed by atoms with van der Waals surface area (Å²) in [5.74, 6) is 3.52. The minimum absolute atomic E-state index is 0.0392. The molecule has 9 rings (SSSR count). The molecule has 54 heavy (non-hydrogen) atoms. The number of piperidine rings is 2. The first-order valence-electron chi connectivity index (χ1n) is 19.3. The van der Waals surface area contributed by atoms with E-state index in [0.29, 0.717) is 37.2 Å². The SMILES string of the molecule is C=C1NC(=O)CCN1c1ccc(N2CCC(C3CCN(c4ccc(Nc5ncc6ccc(-c7cnc8c(c7C)NCCO8)cc6n5)cc4)CC3)CC2)cc1. The Balaban J connectivity index is 0.772. The van der Waals surface area contributed by atoms with Crippen LogP contribution >= 0.6 is 0 Å². The lowest BCUT2D eigenvalue weighted by atomic mass is 9.78. The zero-order chi connectivity index (χ0) is 36.6. The molecule has 3 N–H and O–H groups in total. The van der Waals surface area contributed by atoms with Crippen molar-refractivity contribution in [3.8, 4) is 17.0 Å². The molecule has 11 nitrogen and oxygen atoms in total. The van der Waals surface area contributed by atoms with Gasteiger partial charge in [0.05, 0.1) is 5.52 Å². The molecule has 3 aromatic carbocycles. The van der Waals surface area contributed by atoms with Gasteiger partial charge in [0.1, 0.15) is 18.1 Å². The summed E-state index contributed by atoms with van der Waals surface area (Å²) >= 11 is 0. The minimum Gasteiger partial charge on any atom is -0.474 e. The lowest BCUT2D eigenvalue weighted by molar-refractivity contribution is -0.120. The Morgan fingerprint density at radius 3 is 2.17 bits per heavy atom. The van der Waals surface area contributed by atoms with Crippen LogP contribution in [-0.4, -0.2) is 66.7 Å². The maximum atomic E-state index is 11.7. The maximum absolute atomic E-state index is 11.7. The molecule has 0 spiro atoms. The molecule has 11 heteroatoms. The number of benzene rings is 3. The van der Waals surface area contributed by atoms with Crippen LogP contribution in [0, 0.1) is 18.8 Å². The number of amides is 1. The van der Waals surface area contributed by atoms with Gasteiger partial charge < -0.3 is 35.4 Å². The third-order valence-corrected chi connectivity index (χ3v) is 11.8. The van der Waals surface area contributed by atoms with E-state index in [2.05, 4.69) is 121 Å². The van der Waals surface area contributed by atoms with E-state index in [1.165, 1.54) is 37.1 Å². The van der Waals surface area contributed by atoms with E-state index in [-0.39, 0.29) is 5.91 Å². The summed E-state index contributed by atoms with van der Waals surface area (Å²) in [5, 5.41) is 10.7. The molecule has 0 unspecified atom stereocenters. The fourth-order valence-corrected chi connectivity index (χ4v) is 8.67. The number of hydrogen-bond acceptors (Lipinski definition) is 10. The van der Waals surface area contributed by atoms with Crippen molar-refractivity contribution in [1.82, 2.24) is 20.3 Å². The van der Waals surface area contributed by atoms with Gasteiger partial charge in [-0.25, -0.2) is 15.0 Å². The van der Waals surface area contributed by atoms with Gasteiger partial charge in [-0.05, 0) is 110 Å². The lowest BCUT2D eigenvalue weighted by Gasteiger charge is -2.41. The smallest absolute Gasteiger partial charge is 0.237 e. The predicted octanol–water partition coefficient (Wildman–Crippen LogP) is 7.48. The van der Waals surface area contributed by atoms with Crippen molar-refractivity contribution in [2.45, 2.75) is 39.0 Å². The van der Waals surface area contributed by atoms with Gasteiger partial charge in [0.2, 0.25) is 17.7 Å². The van der Waals surface area contributed by atoms with Gasteiger partial charge in [-0.2, -0.15) is 0 Å². The highest BCUT2D eigenvalue weighted by Crippen LogP contribution is 2.38. The number of rotatable bonds is 7. The van der Waals surface area contributed by atoms with Gasteiger partial charge in [0, 0.05) is 91.8 Å². The number of nitrogens with zero attached hydrogens (tertiary/aromatic N) is 6. The second-order valence-electron chi connectivity index (χ2n) is 15.0. The average molecular weight is 722 g/mol. The topological polar surface area (TPSA) is 111 Å². The normalized spacial score (nSPS) is 18.2. The van der Waals surface area contributed by atoms with E-state index in [1.807, 2.05) is 12.4 Å². The first-order chi connectivity index (χ1) is 26.4. The van der Waals surface area contributed by atoms with Crippen molar-refractivity contribution < 1.29 is 9.53 Å². The van der Waals surface area contributed by atoms with Crippen LogP contribution in [-0.2, 0) is 4.79 Å². The van der Waals surface area contributed by atoms with E-state index in [0.717, 1.165) is 89.2 Å². The van der Waals surface area contributed by atoms with Gasteiger partial charge in [-0.1, -0.05) is 18.7 Å². The van der Waals surface area contributed by atoms with Crippen molar-refractivity contribution >= 4 is 51.2 Å². The Kier molecular flexibility index (Phi) is 9.14. The van der Waals surface area contributed by atoms with Crippen molar-refractivity contribution in [3.05, 3.63) is 97.1 Å². The molecule has 6 heterocycles. The molecule has 4 aliphatic rings. The number of aromatic nitrogens is 3. The fraction of sp³-hybridized carbons (Fsp3) is 0.349. The van der Waals surface area contributed by atoms with Gasteiger partial charge in [0.25, 0.3) is 0 Å². The Morgan fingerprint density at radius 1 is 0.815 bits per heavy atom. The van der Waals surface area contributed by atoms with Crippen molar-refractivity contribution in [2.24, 2.45) is 11.8 Å². The number of ether oxygens (including phenoxy) is 1. The van der Waals surface area contributed by atoms with Crippen LogP contribution in [0.2, 0.25) is 0 Å². The second kappa shape index (κ2) is 14.5. The molecule has 0 bridgehead atoms. The third kappa shape index (κ3) is 6.86. The first-order valence-corrected chi connectivity index (χ1v) is 19.3. The van der Waals surface area contributed by atoms with Crippen LogP contribution in [0.25, 0.3) is 22.0 Å². The molecule has 3 saturated heterocycles. The number of carbonyl (C=O) groups excluding carboxylic acids is 1. The summed E-state index contributed by atoms with van der Waals surface area (Å²) < 4.78 is 5.72. The molecule has 0 saturated carbocycles. The number of fused-ring (bicyclic) bond motifs is 2. The van der Waals surface area contributed by atoms with E-state index < -0.39 is 0 Å². The highest BCUT2D eigenvalue weighted by Gasteiger charge is 2.30. The molecule has 3 fully saturated rings. The van der Waals surface area contributed by atoms with Crippen LogP contribution < -0.4 is 35.4 Å². The predicted molar refractivity (Wildman–Crippen MR) is 217 cm³/mol. The van der Waals surface area contributed by atoms with Crippen LogP contribution in [0.4, 0.5) is 34.4 Å². The first kappa shape index (κ1) is 34.0. The highest BCUT2D eigenvalue weighted by atomic mass is 16.5. The molecule has 0 radical (unpaired) electrons. The number of anilines is 6. The lowest BCUT2D eigenvalue weighted by Crippen LogP contribution is -2.42. The summed E-state index contributed by atoms with van der Waals surface area (Å²) in [5.41, 5.74) is 9.68. The van der Waals surface area contributed by atoms with E-state index in [4.69, 9.17) is 9.72 Å². The summed E-state index contributed by atoms with van der Waals surface area (Å²) in [6.07, 6.45) is 9.24. The number of pyridine rings is 1. The molecule has 2 aromatic heterocycles. The second-order valence-corrected chi connectivity index (χ2v) is 15.0. The fourth-order valence-electron chi connectivity index (χ4n) is 8.67. The maximum Gasteiger partial charge on any atom is 0.237 e. The number of carbonyl (C=O) groups is 1. The van der Waals surface area contributed by atoms with E-state index >= 15 is 0 Å². The van der Waals surface area contributed by atoms with Gasteiger partial charge in [-0.3, -0.25) is 4.79 Å². The number of hydrogen-bond donors (Lipinski definition) is 3. The highest BCUT2D eigenvalue weighted by molar-refractivity contribution is 5.87. The third-order valence-electron chi connectivity index (χ3n) is 11.8. The Morgan fingerprint density at radius 2 is 1.48 bits per heavy atom. The van der Waals surface area contributed by atoms with E-state index in [9.17, 15) is 4.79 Å². The summed E-state index contributed by atoms with van der Waals surface area (Å²) in [4.78, 5) is 32.8. The zero-order valence-corrected chi connectivity index (χ0v) is 30.9. The monoisotopic (exact) mass is 721 g/mol. The van der Waals surface area contributed by atoms with Crippen LogP contribution in [0.3, 0.4) is 0 Å². The molecule has 5 aromatic rings. The standard InChI is InChI=1S/C43H47N9O2/c1-28-38(27-45-42-41(28)44-18-24-54-42)32-3-4-33-26-46-43(49-39(33)25-32)48-34-5-7-35(8-6-34)50-19-13-30(14-20-50)31-15-21-51(22-16-31)36-9-11-37(12-10-36)52-23-17-40(53)47-29(52)2/h3-12,25-27,30-31,44H,2,13-24H2,1H3,(H,47,53)(H,46,48,49). The molecular formula is C43H47N9O2. The van der Waals surface area contributed by atoms with Gasteiger partial charge in [0.15, 0.2) is 0 Å². The molecule has 0 atom stereocenters. The quantitative estimate of drug-likeness (QED) is 0.157. The van der Waals surface area contributed by atoms with Crippen LogP contribution in [0.5, 0.6) is 5.88 Å². The van der Waals surface area contributed by atoms with Crippen molar-refractivity contribution in [1.29, 1.82) is 0 Å². The molecular weight excluding hydrogens is 675 g/mol. The Hall–Kier alpha value is -5.84. The Labute approximate surface area is 316 Å². The largest absolute Gasteiger partial charge is 0.474 e. The summed E-state index contributed by atoms with van der Waals surface area (Å²) in [7, 11) is 0. The molecule has 276 valence electrons. The van der Waals surface area contributed by atoms with Crippen LogP contribution in [0.1, 0.15) is 37.7 Å². The molecule has 4 aliphatic heterocycles.